The first-order chi connectivity index (χ1) is 12.0. The van der Waals surface area contributed by atoms with E-state index >= 15 is 0 Å². The van der Waals surface area contributed by atoms with E-state index in [1.165, 1.54) is 29.2 Å². The Bertz CT molecular complexity index is 838. The molecule has 128 valence electrons. The van der Waals surface area contributed by atoms with Crippen LogP contribution in [0.25, 0.3) is 0 Å². The number of nitrogens with one attached hydrogen (secondary N) is 1. The van der Waals surface area contributed by atoms with Crippen LogP contribution in [-0.2, 0) is 9.59 Å². The molecule has 1 aliphatic rings. The maximum absolute atomic E-state index is 12.4. The minimum atomic E-state index is -0.515. The molecule has 2 amide bonds. The summed E-state index contributed by atoms with van der Waals surface area (Å²) in [4.78, 5) is 36.2. The Morgan fingerprint density at radius 1 is 1.20 bits per heavy atom. The molecular weight excluding hydrogens is 346 g/mol. The Hall–Kier alpha value is -2.93. The lowest BCUT2D eigenvalue weighted by molar-refractivity contribution is -0.384. The van der Waals surface area contributed by atoms with Crippen molar-refractivity contribution in [1.82, 2.24) is 0 Å². The lowest BCUT2D eigenvalue weighted by Gasteiger charge is -2.18. The number of anilines is 2. The Morgan fingerprint density at radius 3 is 2.52 bits per heavy atom. The van der Waals surface area contributed by atoms with E-state index in [1.54, 1.807) is 24.3 Å². The molecule has 3 rings (SSSR count). The number of carbonyl (C=O) groups is 2. The molecule has 1 atom stereocenters. The van der Waals surface area contributed by atoms with E-state index in [0.717, 1.165) is 0 Å². The minimum absolute atomic E-state index is 0.0565. The number of hydrogen-bond acceptors (Lipinski definition) is 4. The molecule has 1 saturated heterocycles. The van der Waals surface area contributed by atoms with Gasteiger partial charge in [-0.25, -0.2) is 0 Å². The highest BCUT2D eigenvalue weighted by Gasteiger charge is 2.35. The van der Waals surface area contributed by atoms with Gasteiger partial charge in [0.1, 0.15) is 0 Å². The van der Waals surface area contributed by atoms with Crippen molar-refractivity contribution < 1.29 is 14.5 Å². The van der Waals surface area contributed by atoms with Gasteiger partial charge in [0.05, 0.1) is 21.6 Å². The number of amides is 2. The van der Waals surface area contributed by atoms with Gasteiger partial charge in [-0.2, -0.15) is 0 Å². The van der Waals surface area contributed by atoms with Crippen LogP contribution in [0.15, 0.2) is 48.5 Å². The fourth-order valence-corrected chi connectivity index (χ4v) is 2.94. The second-order valence-electron chi connectivity index (χ2n) is 5.65. The zero-order chi connectivity index (χ0) is 18.0. The van der Waals surface area contributed by atoms with Crippen LogP contribution in [0.4, 0.5) is 17.1 Å². The van der Waals surface area contributed by atoms with Gasteiger partial charge in [0, 0.05) is 30.8 Å². The molecule has 7 nitrogen and oxygen atoms in total. The fourth-order valence-electron chi connectivity index (χ4n) is 2.70. The van der Waals surface area contributed by atoms with E-state index in [4.69, 9.17) is 11.6 Å². The molecular formula is C17H14ClN3O4. The third-order valence-electron chi connectivity index (χ3n) is 3.98. The lowest BCUT2D eigenvalue weighted by atomic mass is 10.1. The van der Waals surface area contributed by atoms with Crippen molar-refractivity contribution in [2.45, 2.75) is 6.42 Å². The molecule has 1 unspecified atom stereocenters. The molecule has 2 aromatic carbocycles. The van der Waals surface area contributed by atoms with E-state index in [0.29, 0.717) is 16.4 Å². The molecule has 2 aromatic rings. The van der Waals surface area contributed by atoms with Crippen molar-refractivity contribution in [3.8, 4) is 0 Å². The summed E-state index contributed by atoms with van der Waals surface area (Å²) in [6.07, 6.45) is 0.0873. The maximum atomic E-state index is 12.4. The zero-order valence-corrected chi connectivity index (χ0v) is 13.8. The van der Waals surface area contributed by atoms with Crippen LogP contribution in [0.5, 0.6) is 0 Å². The first kappa shape index (κ1) is 16.9. The van der Waals surface area contributed by atoms with E-state index in [9.17, 15) is 19.7 Å². The zero-order valence-electron chi connectivity index (χ0n) is 13.0. The van der Waals surface area contributed by atoms with E-state index in [1.807, 2.05) is 0 Å². The predicted octanol–water partition coefficient (Wildman–Crippen LogP) is 3.24. The van der Waals surface area contributed by atoms with Gasteiger partial charge in [0.2, 0.25) is 11.8 Å². The van der Waals surface area contributed by atoms with Crippen LogP contribution in [0.3, 0.4) is 0 Å². The first-order valence-corrected chi connectivity index (χ1v) is 7.93. The molecule has 0 saturated carbocycles. The number of nitrogens with zero attached hydrogens (tertiary/aromatic N) is 2. The Morgan fingerprint density at radius 2 is 1.88 bits per heavy atom. The van der Waals surface area contributed by atoms with Crippen molar-refractivity contribution in [3.05, 3.63) is 63.7 Å². The monoisotopic (exact) mass is 359 g/mol. The molecule has 8 heteroatoms. The standard InChI is InChI=1S/C17H14ClN3O4/c18-14-3-1-2-4-15(14)20-10-11(9-16(20)22)17(23)19-12-5-7-13(8-6-12)21(24)25/h1-8,11H,9-10H2,(H,19,23). The van der Waals surface area contributed by atoms with Gasteiger partial charge in [0.15, 0.2) is 0 Å². The van der Waals surface area contributed by atoms with E-state index in [2.05, 4.69) is 5.32 Å². The fraction of sp³-hybridized carbons (Fsp3) is 0.176. The van der Waals surface area contributed by atoms with Gasteiger partial charge < -0.3 is 10.2 Å². The summed E-state index contributed by atoms with van der Waals surface area (Å²) >= 11 is 6.12. The van der Waals surface area contributed by atoms with Crippen molar-refractivity contribution in [2.24, 2.45) is 5.92 Å². The smallest absolute Gasteiger partial charge is 0.269 e. The summed E-state index contributed by atoms with van der Waals surface area (Å²) in [6.45, 7) is 0.237. The average molecular weight is 360 g/mol. The largest absolute Gasteiger partial charge is 0.326 e. The number of hydrogen-bond donors (Lipinski definition) is 1. The van der Waals surface area contributed by atoms with Crippen molar-refractivity contribution in [3.63, 3.8) is 0 Å². The third-order valence-corrected chi connectivity index (χ3v) is 4.30. The van der Waals surface area contributed by atoms with Crippen LogP contribution in [0.2, 0.25) is 5.02 Å². The molecule has 25 heavy (non-hydrogen) atoms. The molecule has 0 aromatic heterocycles. The van der Waals surface area contributed by atoms with E-state index < -0.39 is 10.8 Å². The molecule has 1 heterocycles. The minimum Gasteiger partial charge on any atom is -0.326 e. The van der Waals surface area contributed by atoms with E-state index in [-0.39, 0.29) is 30.5 Å². The Balaban J connectivity index is 1.68. The van der Waals surface area contributed by atoms with Crippen molar-refractivity contribution in [1.29, 1.82) is 0 Å². The topological polar surface area (TPSA) is 92.5 Å². The normalized spacial score (nSPS) is 16.8. The second-order valence-corrected chi connectivity index (χ2v) is 6.06. The van der Waals surface area contributed by atoms with Gasteiger partial charge in [-0.15, -0.1) is 0 Å². The summed E-state index contributed by atoms with van der Waals surface area (Å²) in [5, 5.41) is 13.8. The number of non-ortho nitro benzene ring substituents is 1. The van der Waals surface area contributed by atoms with Crippen LogP contribution >= 0.6 is 11.6 Å². The van der Waals surface area contributed by atoms with Crippen LogP contribution in [0.1, 0.15) is 6.42 Å². The quantitative estimate of drug-likeness (QED) is 0.670. The molecule has 1 N–H and O–H groups in total. The van der Waals surface area contributed by atoms with Gasteiger partial charge >= 0.3 is 0 Å². The molecule has 0 radical (unpaired) electrons. The van der Waals surface area contributed by atoms with Crippen LogP contribution in [0, 0.1) is 16.0 Å². The number of halogens is 1. The van der Waals surface area contributed by atoms with Gasteiger partial charge in [0.25, 0.3) is 5.69 Å². The Kier molecular flexibility index (Phi) is 4.67. The number of nitro benzene ring substituents is 1. The summed E-state index contributed by atoms with van der Waals surface area (Å²) in [6, 6.07) is 12.5. The van der Waals surface area contributed by atoms with Gasteiger partial charge in [-0.05, 0) is 24.3 Å². The number of benzene rings is 2. The SMILES string of the molecule is O=C(Nc1ccc([N+](=O)[O-])cc1)C1CC(=O)N(c2ccccc2Cl)C1. The van der Waals surface area contributed by atoms with Gasteiger partial charge in [-0.1, -0.05) is 23.7 Å². The van der Waals surface area contributed by atoms with Crippen LogP contribution in [-0.4, -0.2) is 23.3 Å². The lowest BCUT2D eigenvalue weighted by Crippen LogP contribution is -2.28. The van der Waals surface area contributed by atoms with Crippen LogP contribution < -0.4 is 10.2 Å². The third kappa shape index (κ3) is 3.61. The molecule has 0 spiro atoms. The highest BCUT2D eigenvalue weighted by atomic mass is 35.5. The van der Waals surface area contributed by atoms with Crippen molar-refractivity contribution in [2.75, 3.05) is 16.8 Å². The van der Waals surface area contributed by atoms with Gasteiger partial charge in [-0.3, -0.25) is 19.7 Å². The maximum Gasteiger partial charge on any atom is 0.269 e. The molecule has 1 aliphatic heterocycles. The molecule has 1 fully saturated rings. The summed E-state index contributed by atoms with van der Waals surface area (Å²) in [5.74, 6) is -0.993. The van der Waals surface area contributed by atoms with Crippen molar-refractivity contribution >= 4 is 40.5 Å². The highest BCUT2D eigenvalue weighted by molar-refractivity contribution is 6.33. The molecule has 0 aliphatic carbocycles. The average Bonchev–Trinajstić information content (AvgIpc) is 2.97. The number of carbonyl (C=O) groups excluding carboxylic acids is 2. The number of nitro groups is 1. The predicted molar refractivity (Wildman–Crippen MR) is 93.6 cm³/mol. The Labute approximate surface area is 148 Å². The molecule has 0 bridgehead atoms. The highest BCUT2D eigenvalue weighted by Crippen LogP contribution is 2.31. The first-order valence-electron chi connectivity index (χ1n) is 7.56. The number of para-hydroxylation sites is 1. The number of rotatable bonds is 4. The summed E-state index contributed by atoms with van der Waals surface area (Å²) < 4.78 is 0. The second kappa shape index (κ2) is 6.90. The summed E-state index contributed by atoms with van der Waals surface area (Å²) in [5.41, 5.74) is 0.970. The summed E-state index contributed by atoms with van der Waals surface area (Å²) in [7, 11) is 0.